The van der Waals surface area contributed by atoms with E-state index in [1.54, 1.807) is 0 Å². The van der Waals surface area contributed by atoms with E-state index in [-0.39, 0.29) is 35.7 Å². The molecule has 1 saturated carbocycles. The summed E-state index contributed by atoms with van der Waals surface area (Å²) in [5.74, 6) is 0.176. The first kappa shape index (κ1) is 25.4. The Kier molecular flexibility index (Phi) is 7.02. The van der Waals surface area contributed by atoms with Gasteiger partial charge in [-0.15, -0.1) is 0 Å². The minimum absolute atomic E-state index is 0.0178. The molecule has 3 aliphatic rings. The first-order valence-electron chi connectivity index (χ1n) is 13.7. The molecule has 1 heterocycles. The molecule has 5 rings (SSSR count). The normalized spacial score (nSPS) is 21.5. The number of nitrogens with zero attached hydrogens (tertiary/aromatic N) is 2. The first-order chi connectivity index (χ1) is 17.7. The molecule has 2 N–H and O–H groups in total. The van der Waals surface area contributed by atoms with E-state index in [2.05, 4.69) is 70.7 Å². The highest BCUT2D eigenvalue weighted by molar-refractivity contribution is 6.02. The van der Waals surface area contributed by atoms with Gasteiger partial charge in [0, 0.05) is 43.5 Å². The molecule has 2 aliphatic carbocycles. The van der Waals surface area contributed by atoms with Gasteiger partial charge in [0.15, 0.2) is 5.78 Å². The molecule has 1 unspecified atom stereocenters. The van der Waals surface area contributed by atoms with Gasteiger partial charge in [0.1, 0.15) is 0 Å². The van der Waals surface area contributed by atoms with E-state index in [9.17, 15) is 9.59 Å². The zero-order valence-corrected chi connectivity index (χ0v) is 22.6. The van der Waals surface area contributed by atoms with Gasteiger partial charge in [-0.2, -0.15) is 0 Å². The zero-order chi connectivity index (χ0) is 26.2. The second kappa shape index (κ2) is 10.2. The summed E-state index contributed by atoms with van der Waals surface area (Å²) in [7, 11) is 4.05. The number of fused-ring (bicyclic) bond motifs is 1. The quantitative estimate of drug-likeness (QED) is 0.542. The average Bonchev–Trinajstić information content (AvgIpc) is 2.98. The van der Waals surface area contributed by atoms with Gasteiger partial charge in [-0.3, -0.25) is 9.59 Å². The van der Waals surface area contributed by atoms with Crippen molar-refractivity contribution in [1.82, 2.24) is 5.32 Å². The van der Waals surface area contributed by atoms with Crippen LogP contribution in [-0.2, 0) is 9.59 Å². The van der Waals surface area contributed by atoms with Crippen molar-refractivity contribution < 1.29 is 9.59 Å². The molecule has 2 aromatic rings. The Labute approximate surface area is 221 Å². The van der Waals surface area contributed by atoms with Crippen molar-refractivity contribution in [2.24, 2.45) is 5.41 Å². The number of carbonyl (C=O) groups is 2. The highest BCUT2D eigenvalue weighted by Gasteiger charge is 2.42. The smallest absolute Gasteiger partial charge is 0.239 e. The van der Waals surface area contributed by atoms with E-state index in [1.165, 1.54) is 19.3 Å². The molecule has 1 atom stereocenters. The number of allylic oxidation sites excluding steroid dienone is 1. The number of para-hydroxylation sites is 2. The van der Waals surface area contributed by atoms with E-state index in [1.807, 2.05) is 26.2 Å². The van der Waals surface area contributed by atoms with Crippen LogP contribution in [-0.4, -0.2) is 38.4 Å². The van der Waals surface area contributed by atoms with Crippen LogP contribution >= 0.6 is 0 Å². The summed E-state index contributed by atoms with van der Waals surface area (Å²) in [6.45, 7) is 4.51. The number of hydrogen-bond acceptors (Lipinski definition) is 5. The Balaban J connectivity index is 1.60. The average molecular weight is 501 g/mol. The lowest BCUT2D eigenvalue weighted by Gasteiger charge is -2.38. The molecule has 0 aromatic heterocycles. The SMILES string of the molecule is CN(C)c1ccc(C2C3=C(CC(C)(C)CC3=O)Nc3ccccc3N2CC(=O)NC2CCCCC2)cc1. The third-order valence-corrected chi connectivity index (χ3v) is 8.01. The Morgan fingerprint density at radius 1 is 1.03 bits per heavy atom. The fourth-order valence-electron chi connectivity index (χ4n) is 6.20. The van der Waals surface area contributed by atoms with Crippen LogP contribution in [0.2, 0.25) is 0 Å². The molecule has 0 radical (unpaired) electrons. The van der Waals surface area contributed by atoms with Gasteiger partial charge in [0.25, 0.3) is 0 Å². The zero-order valence-electron chi connectivity index (χ0n) is 22.6. The van der Waals surface area contributed by atoms with Crippen LogP contribution in [0.15, 0.2) is 59.8 Å². The Morgan fingerprint density at radius 2 is 1.73 bits per heavy atom. The predicted molar refractivity (Wildman–Crippen MR) is 151 cm³/mol. The number of hydrogen-bond donors (Lipinski definition) is 2. The lowest BCUT2D eigenvalue weighted by molar-refractivity contribution is -0.121. The van der Waals surface area contributed by atoms with Crippen molar-refractivity contribution >= 4 is 28.8 Å². The number of nitrogens with one attached hydrogen (secondary N) is 2. The second-order valence-corrected chi connectivity index (χ2v) is 11.9. The van der Waals surface area contributed by atoms with Crippen molar-refractivity contribution in [2.75, 3.05) is 35.8 Å². The number of amides is 1. The summed E-state index contributed by atoms with van der Waals surface area (Å²) >= 11 is 0. The fourth-order valence-corrected chi connectivity index (χ4v) is 6.20. The summed E-state index contributed by atoms with van der Waals surface area (Å²) in [6.07, 6.45) is 6.96. The third-order valence-electron chi connectivity index (χ3n) is 8.01. The van der Waals surface area contributed by atoms with Crippen molar-refractivity contribution in [2.45, 2.75) is 70.9 Å². The molecule has 1 fully saturated rings. The van der Waals surface area contributed by atoms with Crippen LogP contribution in [0, 0.1) is 5.41 Å². The standard InChI is InChI=1S/C31H40N4O2/c1-31(2)18-25-29(27(36)19-31)30(21-14-16-23(17-15-21)34(3)4)35(26-13-9-8-12-24(26)33-25)20-28(37)32-22-10-6-5-7-11-22/h8-9,12-17,22,30,33H,5-7,10-11,18-20H2,1-4H3,(H,32,37). The Morgan fingerprint density at radius 3 is 2.43 bits per heavy atom. The van der Waals surface area contributed by atoms with Crippen LogP contribution in [0.25, 0.3) is 0 Å². The maximum absolute atomic E-state index is 13.8. The van der Waals surface area contributed by atoms with Crippen molar-refractivity contribution in [3.8, 4) is 0 Å². The van der Waals surface area contributed by atoms with Gasteiger partial charge < -0.3 is 20.4 Å². The van der Waals surface area contributed by atoms with E-state index >= 15 is 0 Å². The predicted octanol–water partition coefficient (Wildman–Crippen LogP) is 5.82. The van der Waals surface area contributed by atoms with Crippen molar-refractivity contribution in [3.05, 3.63) is 65.4 Å². The highest BCUT2D eigenvalue weighted by atomic mass is 16.2. The Bertz CT molecular complexity index is 1190. The van der Waals surface area contributed by atoms with Crippen LogP contribution < -0.4 is 20.4 Å². The summed E-state index contributed by atoms with van der Waals surface area (Å²) in [5, 5.41) is 6.94. The molecule has 0 bridgehead atoms. The summed E-state index contributed by atoms with van der Waals surface area (Å²) in [6, 6.07) is 16.4. The first-order valence-corrected chi connectivity index (χ1v) is 13.7. The Hall–Kier alpha value is -3.28. The summed E-state index contributed by atoms with van der Waals surface area (Å²) in [4.78, 5) is 31.5. The number of benzene rings is 2. The van der Waals surface area contributed by atoms with Gasteiger partial charge in [-0.25, -0.2) is 0 Å². The number of carbonyl (C=O) groups excluding carboxylic acids is 2. The highest BCUT2D eigenvalue weighted by Crippen LogP contribution is 2.48. The fraction of sp³-hybridized carbons (Fsp3) is 0.484. The van der Waals surface area contributed by atoms with E-state index in [4.69, 9.17) is 0 Å². The maximum atomic E-state index is 13.8. The van der Waals surface area contributed by atoms with Crippen LogP contribution in [0.4, 0.5) is 17.1 Å². The topological polar surface area (TPSA) is 64.7 Å². The molecule has 6 nitrogen and oxygen atoms in total. The minimum atomic E-state index is -0.344. The van der Waals surface area contributed by atoms with E-state index < -0.39 is 0 Å². The molecule has 1 amide bonds. The van der Waals surface area contributed by atoms with Gasteiger partial charge in [0.2, 0.25) is 5.91 Å². The molecule has 6 heteroatoms. The summed E-state index contributed by atoms with van der Waals surface area (Å²) in [5.41, 5.74) is 5.66. The molecule has 196 valence electrons. The number of Topliss-reactive ketones (excluding diaryl/α,β-unsaturated/α-hetero) is 1. The maximum Gasteiger partial charge on any atom is 0.239 e. The largest absolute Gasteiger partial charge is 0.378 e. The third kappa shape index (κ3) is 5.39. The molecule has 2 aromatic carbocycles. The second-order valence-electron chi connectivity index (χ2n) is 11.9. The van der Waals surface area contributed by atoms with Gasteiger partial charge in [0.05, 0.1) is 24.0 Å². The van der Waals surface area contributed by atoms with E-state index in [0.717, 1.165) is 53.2 Å². The lowest BCUT2D eigenvalue weighted by atomic mass is 9.73. The molecular weight excluding hydrogens is 460 g/mol. The van der Waals surface area contributed by atoms with E-state index in [0.29, 0.717) is 6.42 Å². The number of anilines is 3. The van der Waals surface area contributed by atoms with Crippen LogP contribution in [0.5, 0.6) is 0 Å². The molecule has 0 spiro atoms. The van der Waals surface area contributed by atoms with Gasteiger partial charge in [-0.05, 0) is 54.5 Å². The minimum Gasteiger partial charge on any atom is -0.378 e. The number of ketones is 1. The van der Waals surface area contributed by atoms with Gasteiger partial charge in [-0.1, -0.05) is 57.4 Å². The molecule has 0 saturated heterocycles. The van der Waals surface area contributed by atoms with Crippen molar-refractivity contribution in [3.63, 3.8) is 0 Å². The number of rotatable bonds is 5. The monoisotopic (exact) mass is 500 g/mol. The summed E-state index contributed by atoms with van der Waals surface area (Å²) < 4.78 is 0. The van der Waals surface area contributed by atoms with Crippen LogP contribution in [0.3, 0.4) is 0 Å². The van der Waals surface area contributed by atoms with Crippen molar-refractivity contribution in [1.29, 1.82) is 0 Å². The molecule has 37 heavy (non-hydrogen) atoms. The lowest BCUT2D eigenvalue weighted by Crippen LogP contribution is -2.45. The molecule has 1 aliphatic heterocycles. The van der Waals surface area contributed by atoms with Crippen LogP contribution in [0.1, 0.15) is 70.4 Å². The van der Waals surface area contributed by atoms with Gasteiger partial charge >= 0.3 is 0 Å². The molecular formula is C31H40N4O2.